The number of hydrogen-bond donors (Lipinski definition) is 0. The number of halogens is 1. The van der Waals surface area contributed by atoms with Gasteiger partial charge in [-0.2, -0.15) is 5.10 Å². The Kier molecular flexibility index (Phi) is 3.95. The van der Waals surface area contributed by atoms with Crippen molar-refractivity contribution < 1.29 is 14.0 Å². The van der Waals surface area contributed by atoms with Crippen molar-refractivity contribution in [1.29, 1.82) is 0 Å². The van der Waals surface area contributed by atoms with Crippen LogP contribution < -0.4 is 0 Å². The third-order valence-electron chi connectivity index (χ3n) is 3.75. The predicted molar refractivity (Wildman–Crippen MR) is 75.0 cm³/mol. The van der Waals surface area contributed by atoms with Crippen molar-refractivity contribution in [2.45, 2.75) is 19.4 Å². The van der Waals surface area contributed by atoms with Crippen molar-refractivity contribution in [2.75, 3.05) is 6.54 Å². The van der Waals surface area contributed by atoms with Gasteiger partial charge in [0.15, 0.2) is 0 Å². The van der Waals surface area contributed by atoms with E-state index < -0.39 is 0 Å². The first kappa shape index (κ1) is 14.4. The van der Waals surface area contributed by atoms with Crippen LogP contribution in [0, 0.1) is 11.7 Å². The zero-order valence-corrected chi connectivity index (χ0v) is 11.9. The number of benzene rings is 1. The van der Waals surface area contributed by atoms with Gasteiger partial charge in [-0.15, -0.1) is 0 Å². The van der Waals surface area contributed by atoms with Crippen molar-refractivity contribution in [3.05, 3.63) is 48.3 Å². The maximum atomic E-state index is 12.9. The molecule has 7 heteroatoms. The number of rotatable bonds is 5. The van der Waals surface area contributed by atoms with Crippen molar-refractivity contribution in [2.24, 2.45) is 5.92 Å². The molecule has 1 aromatic carbocycles. The minimum Gasteiger partial charge on any atom is -0.280 e. The van der Waals surface area contributed by atoms with E-state index in [1.807, 2.05) is 0 Å². The average molecular weight is 302 g/mol. The van der Waals surface area contributed by atoms with Crippen LogP contribution >= 0.6 is 0 Å². The topological polar surface area (TPSA) is 68.1 Å². The average Bonchev–Trinajstić information content (AvgIpc) is 3.10. The number of imide groups is 1. The van der Waals surface area contributed by atoms with Gasteiger partial charge in [0.25, 0.3) is 0 Å². The number of hydrogen-bond acceptors (Lipinski definition) is 4. The summed E-state index contributed by atoms with van der Waals surface area (Å²) in [5.74, 6) is -1.02. The molecule has 0 radical (unpaired) electrons. The second-order valence-corrected chi connectivity index (χ2v) is 5.27. The molecule has 2 aromatic rings. The highest BCUT2D eigenvalue weighted by Crippen LogP contribution is 2.23. The van der Waals surface area contributed by atoms with E-state index in [0.29, 0.717) is 19.5 Å². The summed E-state index contributed by atoms with van der Waals surface area (Å²) < 4.78 is 14.5. The van der Waals surface area contributed by atoms with Crippen molar-refractivity contribution in [1.82, 2.24) is 19.7 Å². The Balaban J connectivity index is 1.62. The van der Waals surface area contributed by atoms with Crippen LogP contribution in [0.15, 0.2) is 36.9 Å². The molecule has 0 N–H and O–H groups in total. The Labute approximate surface area is 126 Å². The smallest absolute Gasteiger partial charge is 0.233 e. The molecule has 1 aliphatic rings. The van der Waals surface area contributed by atoms with Crippen LogP contribution in [0.1, 0.15) is 12.0 Å². The van der Waals surface area contributed by atoms with Crippen LogP contribution in [0.2, 0.25) is 0 Å². The first-order valence-corrected chi connectivity index (χ1v) is 7.04. The molecule has 2 amide bonds. The number of aromatic nitrogens is 3. The second kappa shape index (κ2) is 6.05. The lowest BCUT2D eigenvalue weighted by molar-refractivity contribution is -0.139. The molecular weight excluding hydrogens is 287 g/mol. The Morgan fingerprint density at radius 2 is 1.95 bits per heavy atom. The molecule has 3 rings (SSSR count). The van der Waals surface area contributed by atoms with Gasteiger partial charge in [-0.05, 0) is 24.1 Å². The molecule has 1 aliphatic heterocycles. The molecule has 0 unspecified atom stereocenters. The van der Waals surface area contributed by atoms with Crippen molar-refractivity contribution in [3.63, 3.8) is 0 Å². The summed E-state index contributed by atoms with van der Waals surface area (Å²) in [6.07, 6.45) is 3.60. The van der Waals surface area contributed by atoms with Crippen LogP contribution in [0.3, 0.4) is 0 Å². The van der Waals surface area contributed by atoms with Gasteiger partial charge in [0.05, 0.1) is 12.5 Å². The maximum absolute atomic E-state index is 12.9. The van der Waals surface area contributed by atoms with Crippen LogP contribution in [0.4, 0.5) is 4.39 Å². The lowest BCUT2D eigenvalue weighted by Crippen LogP contribution is -2.34. The van der Waals surface area contributed by atoms with Crippen molar-refractivity contribution >= 4 is 11.8 Å². The second-order valence-electron chi connectivity index (χ2n) is 5.27. The van der Waals surface area contributed by atoms with Crippen LogP contribution in [0.5, 0.6) is 0 Å². The fraction of sp³-hybridized carbons (Fsp3) is 0.333. The van der Waals surface area contributed by atoms with Gasteiger partial charge >= 0.3 is 0 Å². The minimum absolute atomic E-state index is 0.169. The fourth-order valence-electron chi connectivity index (χ4n) is 2.60. The summed E-state index contributed by atoms with van der Waals surface area (Å²) in [4.78, 5) is 29.4. The Morgan fingerprint density at radius 1 is 1.18 bits per heavy atom. The highest BCUT2D eigenvalue weighted by Gasteiger charge is 2.38. The Hall–Kier alpha value is -2.57. The number of carbonyl (C=O) groups excluding carboxylic acids is 2. The SMILES string of the molecule is O=C1C[C@H](Cc2ccc(F)cc2)C(=O)N1CCn1cncn1. The monoisotopic (exact) mass is 302 g/mol. The van der Waals surface area contributed by atoms with Gasteiger partial charge in [0.2, 0.25) is 11.8 Å². The van der Waals surface area contributed by atoms with Gasteiger partial charge in [-0.25, -0.2) is 9.37 Å². The molecule has 0 saturated carbocycles. The van der Waals surface area contributed by atoms with E-state index in [0.717, 1.165) is 5.56 Å². The van der Waals surface area contributed by atoms with E-state index in [2.05, 4.69) is 10.1 Å². The molecule has 1 atom stereocenters. The van der Waals surface area contributed by atoms with Gasteiger partial charge in [-0.3, -0.25) is 19.2 Å². The van der Waals surface area contributed by atoms with Crippen LogP contribution in [-0.2, 0) is 22.6 Å². The first-order valence-electron chi connectivity index (χ1n) is 7.04. The normalized spacial score (nSPS) is 18.2. The molecule has 22 heavy (non-hydrogen) atoms. The lowest BCUT2D eigenvalue weighted by atomic mass is 9.98. The molecule has 2 heterocycles. The van der Waals surface area contributed by atoms with E-state index in [1.165, 1.54) is 23.4 Å². The van der Waals surface area contributed by atoms with Gasteiger partial charge in [0.1, 0.15) is 18.5 Å². The molecular formula is C15H15FN4O2. The number of carbonyl (C=O) groups is 2. The van der Waals surface area contributed by atoms with Gasteiger partial charge in [0, 0.05) is 13.0 Å². The number of amides is 2. The summed E-state index contributed by atoms with van der Waals surface area (Å²) >= 11 is 0. The lowest BCUT2D eigenvalue weighted by Gasteiger charge is -2.14. The maximum Gasteiger partial charge on any atom is 0.233 e. The largest absolute Gasteiger partial charge is 0.280 e. The quantitative estimate of drug-likeness (QED) is 0.774. The number of likely N-dealkylation sites (tertiary alicyclic amines) is 1. The fourth-order valence-corrected chi connectivity index (χ4v) is 2.60. The van der Waals surface area contributed by atoms with E-state index in [4.69, 9.17) is 0 Å². The Morgan fingerprint density at radius 3 is 2.64 bits per heavy atom. The summed E-state index contributed by atoms with van der Waals surface area (Å²) in [6.45, 7) is 0.724. The van der Waals surface area contributed by atoms with E-state index in [1.54, 1.807) is 23.1 Å². The van der Waals surface area contributed by atoms with Crippen LogP contribution in [-0.4, -0.2) is 38.0 Å². The summed E-state index contributed by atoms with van der Waals surface area (Å²) in [5.41, 5.74) is 0.852. The molecule has 0 spiro atoms. The molecule has 114 valence electrons. The van der Waals surface area contributed by atoms with Crippen molar-refractivity contribution in [3.8, 4) is 0 Å². The summed E-state index contributed by atoms with van der Waals surface area (Å²) in [5, 5.41) is 3.94. The third-order valence-corrected chi connectivity index (χ3v) is 3.75. The molecule has 1 saturated heterocycles. The molecule has 0 aliphatic carbocycles. The van der Waals surface area contributed by atoms with E-state index in [9.17, 15) is 14.0 Å². The standard InChI is InChI=1S/C15H15FN4O2/c16-13-3-1-11(2-4-13)7-12-8-14(21)20(15(12)22)6-5-19-10-17-9-18-19/h1-4,9-10,12H,5-8H2/t12-/m0/s1. The molecule has 0 bridgehead atoms. The Bertz CT molecular complexity index is 669. The van der Waals surface area contributed by atoms with Gasteiger partial charge in [-0.1, -0.05) is 12.1 Å². The highest BCUT2D eigenvalue weighted by molar-refractivity contribution is 6.03. The van der Waals surface area contributed by atoms with E-state index >= 15 is 0 Å². The number of nitrogens with zero attached hydrogens (tertiary/aromatic N) is 4. The molecule has 1 fully saturated rings. The minimum atomic E-state index is -0.367. The summed E-state index contributed by atoms with van der Waals surface area (Å²) in [6, 6.07) is 6.01. The zero-order chi connectivity index (χ0) is 15.5. The third kappa shape index (κ3) is 3.03. The summed E-state index contributed by atoms with van der Waals surface area (Å²) in [7, 11) is 0. The zero-order valence-electron chi connectivity index (χ0n) is 11.9. The molecule has 6 nitrogen and oxygen atoms in total. The molecule has 1 aromatic heterocycles. The van der Waals surface area contributed by atoms with E-state index in [-0.39, 0.29) is 30.0 Å². The van der Waals surface area contributed by atoms with Gasteiger partial charge < -0.3 is 0 Å². The predicted octanol–water partition coefficient (Wildman–Crippen LogP) is 1.04. The van der Waals surface area contributed by atoms with Crippen LogP contribution in [0.25, 0.3) is 0 Å². The highest BCUT2D eigenvalue weighted by atomic mass is 19.1. The first-order chi connectivity index (χ1) is 10.6.